The van der Waals surface area contributed by atoms with Crippen molar-refractivity contribution in [1.82, 2.24) is 5.32 Å². The van der Waals surface area contributed by atoms with Gasteiger partial charge in [-0.25, -0.2) is 8.42 Å². The van der Waals surface area contributed by atoms with Gasteiger partial charge in [-0.05, 0) is 55.2 Å². The lowest BCUT2D eigenvalue weighted by atomic mass is 9.62. The third-order valence-corrected chi connectivity index (χ3v) is 8.47. The zero-order valence-electron chi connectivity index (χ0n) is 17.4. The highest BCUT2D eigenvalue weighted by atomic mass is 35.5. The van der Waals surface area contributed by atoms with E-state index in [4.69, 9.17) is 21.4 Å². The first kappa shape index (κ1) is 23.4. The van der Waals surface area contributed by atoms with Crippen LogP contribution in [0.2, 0.25) is 5.02 Å². The number of ether oxygens (including phenoxy) is 1. The number of benzene rings is 1. The van der Waals surface area contributed by atoms with Crippen LogP contribution in [-0.4, -0.2) is 50.7 Å². The van der Waals surface area contributed by atoms with E-state index in [2.05, 4.69) is 5.32 Å². The Hall–Kier alpha value is -1.31. The van der Waals surface area contributed by atoms with E-state index in [1.165, 1.54) is 44.9 Å². The summed E-state index contributed by atoms with van der Waals surface area (Å²) < 4.78 is 29.3. The van der Waals surface area contributed by atoms with Gasteiger partial charge in [-0.3, -0.25) is 4.79 Å². The van der Waals surface area contributed by atoms with Crippen LogP contribution in [0.3, 0.4) is 0 Å². The van der Waals surface area contributed by atoms with E-state index in [-0.39, 0.29) is 42.5 Å². The Kier molecular flexibility index (Phi) is 8.04. The highest BCUT2D eigenvalue weighted by Gasteiger charge is 2.39. The normalized spacial score (nSPS) is 23.7. The minimum absolute atomic E-state index is 0.0129. The van der Waals surface area contributed by atoms with Gasteiger partial charge in [0.1, 0.15) is 12.4 Å². The number of carbonyl (C=O) groups excluding carboxylic acids is 1. The topological polar surface area (TPSA) is 92.7 Å². The molecule has 2 fully saturated rings. The van der Waals surface area contributed by atoms with E-state index in [0.717, 1.165) is 5.92 Å². The van der Waals surface area contributed by atoms with Crippen LogP contribution in [0.1, 0.15) is 61.7 Å². The number of hydrogen-bond acceptors (Lipinski definition) is 5. The molecule has 0 spiro atoms. The van der Waals surface area contributed by atoms with Crippen molar-refractivity contribution in [3.63, 3.8) is 0 Å². The molecule has 2 aliphatic rings. The SMILES string of the molecule is O=C(NCC12CCCC(CCC1)C2)c1cc(OCCS(=O)(=O)CCCO)ccc1Cl. The second-order valence-electron chi connectivity index (χ2n) is 8.76. The molecule has 30 heavy (non-hydrogen) atoms. The molecule has 0 radical (unpaired) electrons. The van der Waals surface area contributed by atoms with E-state index < -0.39 is 9.84 Å². The fourth-order valence-corrected chi connectivity index (χ4v) is 6.19. The first-order valence-electron chi connectivity index (χ1n) is 10.8. The van der Waals surface area contributed by atoms with Crippen molar-refractivity contribution < 1.29 is 23.1 Å². The van der Waals surface area contributed by atoms with Gasteiger partial charge in [0.2, 0.25) is 0 Å². The zero-order chi connectivity index (χ0) is 21.6. The second kappa shape index (κ2) is 10.3. The lowest BCUT2D eigenvalue weighted by Gasteiger charge is -2.45. The van der Waals surface area contributed by atoms with Gasteiger partial charge in [-0.1, -0.05) is 37.3 Å². The second-order valence-corrected chi connectivity index (χ2v) is 11.5. The summed E-state index contributed by atoms with van der Waals surface area (Å²) in [6.45, 7) is 0.505. The van der Waals surface area contributed by atoms with Crippen molar-refractivity contribution in [2.75, 3.05) is 31.3 Å². The van der Waals surface area contributed by atoms with Crippen LogP contribution in [-0.2, 0) is 9.84 Å². The molecule has 2 N–H and O–H groups in total. The summed E-state index contributed by atoms with van der Waals surface area (Å²) in [6, 6.07) is 4.80. The number of hydrogen-bond donors (Lipinski definition) is 2. The van der Waals surface area contributed by atoms with Crippen LogP contribution in [0.25, 0.3) is 0 Å². The summed E-state index contributed by atoms with van der Waals surface area (Å²) in [5.74, 6) is 0.793. The fraction of sp³-hybridized carbons (Fsp3) is 0.682. The van der Waals surface area contributed by atoms with Gasteiger partial charge < -0.3 is 15.2 Å². The third kappa shape index (κ3) is 6.34. The molecule has 0 atom stereocenters. The van der Waals surface area contributed by atoms with Crippen LogP contribution in [0.4, 0.5) is 0 Å². The van der Waals surface area contributed by atoms with Crippen molar-refractivity contribution in [3.05, 3.63) is 28.8 Å². The van der Waals surface area contributed by atoms with Crippen LogP contribution < -0.4 is 10.1 Å². The molecular weight excluding hydrogens is 426 g/mol. The lowest BCUT2D eigenvalue weighted by molar-refractivity contribution is 0.0681. The van der Waals surface area contributed by atoms with Crippen LogP contribution in [0.5, 0.6) is 5.75 Å². The number of amides is 1. The predicted molar refractivity (Wildman–Crippen MR) is 118 cm³/mol. The van der Waals surface area contributed by atoms with Crippen molar-refractivity contribution in [3.8, 4) is 5.75 Å². The maximum Gasteiger partial charge on any atom is 0.252 e. The summed E-state index contributed by atoms with van der Waals surface area (Å²) in [5.41, 5.74) is 0.567. The minimum atomic E-state index is -3.27. The smallest absolute Gasteiger partial charge is 0.252 e. The van der Waals surface area contributed by atoms with E-state index in [1.807, 2.05) is 0 Å². The third-order valence-electron chi connectivity index (χ3n) is 6.44. The molecule has 2 saturated carbocycles. The number of carbonyl (C=O) groups is 1. The van der Waals surface area contributed by atoms with Gasteiger partial charge in [0, 0.05) is 13.2 Å². The van der Waals surface area contributed by atoms with Crippen LogP contribution >= 0.6 is 11.6 Å². The maximum absolute atomic E-state index is 12.8. The molecule has 2 bridgehead atoms. The number of aliphatic hydroxyl groups excluding tert-OH is 1. The Bertz CT molecular complexity index is 832. The first-order chi connectivity index (χ1) is 14.3. The van der Waals surface area contributed by atoms with Crippen molar-refractivity contribution in [1.29, 1.82) is 0 Å². The number of halogens is 1. The summed E-state index contributed by atoms with van der Waals surface area (Å²) in [5, 5.41) is 12.2. The van der Waals surface area contributed by atoms with Crippen molar-refractivity contribution in [2.45, 2.75) is 51.4 Å². The molecular formula is C22H32ClNO5S. The quantitative estimate of drug-likeness (QED) is 0.559. The minimum Gasteiger partial charge on any atom is -0.493 e. The van der Waals surface area contributed by atoms with E-state index in [9.17, 15) is 13.2 Å². The van der Waals surface area contributed by atoms with Gasteiger partial charge in [0.05, 0.1) is 22.1 Å². The number of aliphatic hydroxyl groups is 1. The first-order valence-corrected chi connectivity index (χ1v) is 13.0. The van der Waals surface area contributed by atoms with Gasteiger partial charge >= 0.3 is 0 Å². The number of fused-ring (bicyclic) bond motifs is 2. The van der Waals surface area contributed by atoms with E-state index in [1.54, 1.807) is 18.2 Å². The van der Waals surface area contributed by atoms with Gasteiger partial charge in [0.25, 0.3) is 5.91 Å². The highest BCUT2D eigenvalue weighted by Crippen LogP contribution is 2.48. The summed E-state index contributed by atoms with van der Waals surface area (Å²) in [7, 11) is -3.27. The largest absolute Gasteiger partial charge is 0.493 e. The summed E-state index contributed by atoms with van der Waals surface area (Å²) in [4.78, 5) is 12.8. The zero-order valence-corrected chi connectivity index (χ0v) is 18.9. The van der Waals surface area contributed by atoms with Crippen LogP contribution in [0.15, 0.2) is 18.2 Å². The van der Waals surface area contributed by atoms with Gasteiger partial charge in [-0.15, -0.1) is 0 Å². The van der Waals surface area contributed by atoms with Gasteiger partial charge in [-0.2, -0.15) is 0 Å². The molecule has 0 unspecified atom stereocenters. The Morgan fingerprint density at radius 1 is 1.23 bits per heavy atom. The molecule has 1 aromatic rings. The Morgan fingerprint density at radius 2 is 1.97 bits per heavy atom. The Labute approximate surface area is 184 Å². The molecule has 1 aromatic carbocycles. The number of nitrogens with one attached hydrogen (secondary N) is 1. The molecule has 3 rings (SSSR count). The molecule has 0 aliphatic heterocycles. The molecule has 0 aromatic heterocycles. The molecule has 6 nitrogen and oxygen atoms in total. The molecule has 2 aliphatic carbocycles. The Balaban J connectivity index is 1.56. The Morgan fingerprint density at radius 3 is 2.67 bits per heavy atom. The highest BCUT2D eigenvalue weighted by molar-refractivity contribution is 7.91. The fourth-order valence-electron chi connectivity index (χ4n) is 4.87. The van der Waals surface area contributed by atoms with Gasteiger partial charge in [0.15, 0.2) is 9.84 Å². The summed E-state index contributed by atoms with van der Waals surface area (Å²) in [6.07, 6.45) is 8.88. The maximum atomic E-state index is 12.8. The number of rotatable bonds is 10. The molecule has 1 amide bonds. The molecule has 0 saturated heterocycles. The van der Waals surface area contributed by atoms with E-state index >= 15 is 0 Å². The standard InChI is InChI=1S/C22H32ClNO5S/c23-20-7-6-18(29-11-13-30(27,28)12-3-10-25)14-19(20)21(26)24-16-22-8-1-4-17(15-22)5-2-9-22/h6-7,14,17,25H,1-5,8-13,15-16H2,(H,24,26). The average Bonchev–Trinajstić information content (AvgIpc) is 2.72. The monoisotopic (exact) mass is 457 g/mol. The molecule has 168 valence electrons. The van der Waals surface area contributed by atoms with E-state index in [0.29, 0.717) is 22.9 Å². The summed E-state index contributed by atoms with van der Waals surface area (Å²) >= 11 is 6.24. The molecule has 0 heterocycles. The van der Waals surface area contributed by atoms with Crippen LogP contribution in [0, 0.1) is 11.3 Å². The van der Waals surface area contributed by atoms with Crippen molar-refractivity contribution >= 4 is 27.3 Å². The average molecular weight is 458 g/mol. The molecule has 8 heteroatoms. The van der Waals surface area contributed by atoms with Crippen molar-refractivity contribution in [2.24, 2.45) is 11.3 Å². The predicted octanol–water partition coefficient (Wildman–Crippen LogP) is 3.61. The lowest BCUT2D eigenvalue weighted by Crippen LogP contribution is -2.43. The number of sulfone groups is 1.